The largest absolute Gasteiger partial charge is 0.378 e. The standard InChI is InChI=1S/C12H20N2O2S6/c17-11(13-1-5-15-6-2-13)21-19-9-10-20-22-12(18)14-3-7-16-8-4-14/h1-10H2. The van der Waals surface area contributed by atoms with Crippen molar-refractivity contribution in [3.63, 3.8) is 0 Å². The normalized spacial score (nSPS) is 19.3. The second-order valence-electron chi connectivity index (χ2n) is 4.54. The van der Waals surface area contributed by atoms with Gasteiger partial charge in [-0.25, -0.2) is 0 Å². The summed E-state index contributed by atoms with van der Waals surface area (Å²) < 4.78 is 12.6. The number of nitrogens with zero attached hydrogens (tertiary/aromatic N) is 2. The SMILES string of the molecule is S=C(SSCCSSC(=S)N1CCOCC1)N1CCOCC1. The summed E-state index contributed by atoms with van der Waals surface area (Å²) in [5.74, 6) is 2.14. The number of rotatable bonds is 5. The lowest BCUT2D eigenvalue weighted by molar-refractivity contribution is 0.0702. The summed E-state index contributed by atoms with van der Waals surface area (Å²) in [5.41, 5.74) is 0. The smallest absolute Gasteiger partial charge is 0.147 e. The van der Waals surface area contributed by atoms with E-state index in [1.807, 2.05) is 21.6 Å². The summed E-state index contributed by atoms with van der Waals surface area (Å²) in [6.07, 6.45) is 0. The van der Waals surface area contributed by atoms with Crippen LogP contribution < -0.4 is 0 Å². The molecule has 126 valence electrons. The maximum atomic E-state index is 5.44. The first-order chi connectivity index (χ1) is 10.8. The van der Waals surface area contributed by atoms with E-state index in [1.165, 1.54) is 0 Å². The Kier molecular flexibility index (Phi) is 10.3. The molecule has 0 saturated carbocycles. The van der Waals surface area contributed by atoms with Crippen LogP contribution in [0.4, 0.5) is 0 Å². The zero-order valence-corrected chi connectivity index (χ0v) is 17.1. The van der Waals surface area contributed by atoms with Crippen LogP contribution in [0.5, 0.6) is 0 Å². The highest BCUT2D eigenvalue weighted by molar-refractivity contribution is 8.85. The lowest BCUT2D eigenvalue weighted by atomic mass is 10.5. The van der Waals surface area contributed by atoms with E-state index < -0.39 is 0 Å². The average molecular weight is 417 g/mol. The molecule has 2 rings (SSSR count). The van der Waals surface area contributed by atoms with Gasteiger partial charge >= 0.3 is 0 Å². The third-order valence-corrected chi connectivity index (χ3v) is 9.39. The number of ether oxygens (including phenoxy) is 2. The van der Waals surface area contributed by atoms with Gasteiger partial charge in [0.25, 0.3) is 0 Å². The molecule has 10 heteroatoms. The van der Waals surface area contributed by atoms with Gasteiger partial charge in [-0.05, 0) is 21.6 Å². The van der Waals surface area contributed by atoms with Crippen molar-refractivity contribution in [1.29, 1.82) is 0 Å². The van der Waals surface area contributed by atoms with E-state index in [0.717, 1.165) is 72.8 Å². The van der Waals surface area contributed by atoms with Gasteiger partial charge in [0.15, 0.2) is 0 Å². The highest BCUT2D eigenvalue weighted by Crippen LogP contribution is 2.30. The van der Waals surface area contributed by atoms with Crippen molar-refractivity contribution in [3.05, 3.63) is 0 Å². The van der Waals surface area contributed by atoms with Gasteiger partial charge in [0, 0.05) is 37.7 Å². The molecule has 22 heavy (non-hydrogen) atoms. The summed E-state index contributed by atoms with van der Waals surface area (Å²) in [5, 5.41) is 0. The Bertz CT molecular complexity index is 328. The van der Waals surface area contributed by atoms with E-state index in [2.05, 4.69) is 9.80 Å². The Morgan fingerprint density at radius 2 is 1.09 bits per heavy atom. The molecule has 0 aromatic carbocycles. The van der Waals surface area contributed by atoms with E-state index in [0.29, 0.717) is 0 Å². The maximum Gasteiger partial charge on any atom is 0.147 e. The molecule has 4 nitrogen and oxygen atoms in total. The second-order valence-corrected chi connectivity index (χ2v) is 10.6. The van der Waals surface area contributed by atoms with Crippen LogP contribution in [0.1, 0.15) is 0 Å². The first kappa shape index (κ1) is 19.4. The fourth-order valence-corrected chi connectivity index (χ4v) is 7.53. The molecule has 2 heterocycles. The Labute approximate surface area is 158 Å². The third-order valence-electron chi connectivity index (χ3n) is 3.05. The van der Waals surface area contributed by atoms with Crippen molar-refractivity contribution >= 4 is 76.3 Å². The van der Waals surface area contributed by atoms with Crippen LogP contribution in [-0.4, -0.2) is 82.6 Å². The minimum atomic E-state index is 0.789. The van der Waals surface area contributed by atoms with Crippen LogP contribution in [0.3, 0.4) is 0 Å². The van der Waals surface area contributed by atoms with Crippen LogP contribution in [0, 0.1) is 0 Å². The fraction of sp³-hybridized carbons (Fsp3) is 0.833. The predicted octanol–water partition coefficient (Wildman–Crippen LogP) is 2.98. The molecule has 0 aromatic rings. The molecule has 0 bridgehead atoms. The van der Waals surface area contributed by atoms with Crippen molar-refractivity contribution in [1.82, 2.24) is 9.80 Å². The quantitative estimate of drug-likeness (QED) is 0.378. The van der Waals surface area contributed by atoms with Crippen molar-refractivity contribution in [2.24, 2.45) is 0 Å². The molecule has 0 unspecified atom stereocenters. The molecule has 2 fully saturated rings. The van der Waals surface area contributed by atoms with Gasteiger partial charge < -0.3 is 19.3 Å². The van der Waals surface area contributed by atoms with E-state index >= 15 is 0 Å². The predicted molar refractivity (Wildman–Crippen MR) is 110 cm³/mol. The summed E-state index contributed by atoms with van der Waals surface area (Å²) in [6, 6.07) is 0. The molecule has 0 aromatic heterocycles. The highest BCUT2D eigenvalue weighted by Gasteiger charge is 2.15. The van der Waals surface area contributed by atoms with E-state index in [9.17, 15) is 0 Å². The summed E-state index contributed by atoms with van der Waals surface area (Å²) in [7, 11) is 7.06. The van der Waals surface area contributed by atoms with Gasteiger partial charge in [-0.15, -0.1) is 0 Å². The number of thiocarbonyl (C=S) groups is 2. The molecule has 0 N–H and O–H groups in total. The minimum absolute atomic E-state index is 0.789. The lowest BCUT2D eigenvalue weighted by Gasteiger charge is -2.28. The molecule has 0 amide bonds. The molecule has 2 aliphatic rings. The van der Waals surface area contributed by atoms with Gasteiger partial charge in [-0.1, -0.05) is 46.0 Å². The fourth-order valence-electron chi connectivity index (χ4n) is 1.85. The summed E-state index contributed by atoms with van der Waals surface area (Å²) in [4.78, 5) is 4.46. The van der Waals surface area contributed by atoms with Gasteiger partial charge in [0.2, 0.25) is 0 Å². The van der Waals surface area contributed by atoms with Crippen molar-refractivity contribution < 1.29 is 9.47 Å². The van der Waals surface area contributed by atoms with E-state index in [1.54, 1.807) is 21.6 Å². The summed E-state index contributed by atoms with van der Waals surface area (Å²) in [6.45, 7) is 6.84. The first-order valence-corrected chi connectivity index (χ1v) is 12.5. The highest BCUT2D eigenvalue weighted by atomic mass is 33.1. The Morgan fingerprint density at radius 1 is 0.727 bits per heavy atom. The lowest BCUT2D eigenvalue weighted by Crippen LogP contribution is -2.38. The van der Waals surface area contributed by atoms with Crippen LogP contribution in [0.2, 0.25) is 0 Å². The zero-order valence-electron chi connectivity index (χ0n) is 12.2. The molecule has 2 aliphatic heterocycles. The van der Waals surface area contributed by atoms with Gasteiger partial charge in [0.1, 0.15) is 8.64 Å². The Hall–Kier alpha value is 1.10. The second kappa shape index (κ2) is 11.6. The topological polar surface area (TPSA) is 24.9 Å². The van der Waals surface area contributed by atoms with Crippen LogP contribution in [0.15, 0.2) is 0 Å². The summed E-state index contributed by atoms with van der Waals surface area (Å²) >= 11 is 10.9. The monoisotopic (exact) mass is 416 g/mol. The van der Waals surface area contributed by atoms with Crippen LogP contribution >= 0.6 is 67.6 Å². The average Bonchev–Trinajstić information content (AvgIpc) is 2.59. The zero-order chi connectivity index (χ0) is 15.6. The van der Waals surface area contributed by atoms with Gasteiger partial charge in [0.05, 0.1) is 26.4 Å². The van der Waals surface area contributed by atoms with Crippen molar-refractivity contribution in [2.45, 2.75) is 0 Å². The maximum absolute atomic E-state index is 5.44. The first-order valence-electron chi connectivity index (χ1n) is 7.09. The Balaban J connectivity index is 1.46. The number of hydrogen-bond donors (Lipinski definition) is 0. The van der Waals surface area contributed by atoms with Gasteiger partial charge in [-0.3, -0.25) is 0 Å². The number of hydrogen-bond acceptors (Lipinski definition) is 8. The van der Waals surface area contributed by atoms with Crippen LogP contribution in [0.25, 0.3) is 0 Å². The van der Waals surface area contributed by atoms with E-state index in [-0.39, 0.29) is 0 Å². The molecule has 0 radical (unpaired) electrons. The molecular weight excluding hydrogens is 397 g/mol. The van der Waals surface area contributed by atoms with Crippen molar-refractivity contribution in [2.75, 3.05) is 64.1 Å². The van der Waals surface area contributed by atoms with E-state index in [4.69, 9.17) is 33.9 Å². The van der Waals surface area contributed by atoms with Gasteiger partial charge in [-0.2, -0.15) is 0 Å². The third kappa shape index (κ3) is 7.33. The molecule has 2 saturated heterocycles. The molecular formula is C12H20N2O2S6. The molecule has 0 aliphatic carbocycles. The number of morpholine rings is 2. The molecule has 0 spiro atoms. The molecule has 0 atom stereocenters. The van der Waals surface area contributed by atoms with Crippen LogP contribution in [-0.2, 0) is 9.47 Å². The van der Waals surface area contributed by atoms with Crippen molar-refractivity contribution in [3.8, 4) is 0 Å². The minimum Gasteiger partial charge on any atom is -0.378 e. The Morgan fingerprint density at radius 3 is 1.45 bits per heavy atom.